The molecule has 28 heavy (non-hydrogen) atoms. The number of benzene rings is 1. The van der Waals surface area contributed by atoms with E-state index in [0.29, 0.717) is 61.7 Å². The molecule has 0 spiro atoms. The lowest BCUT2D eigenvalue weighted by Gasteiger charge is -2.35. The van der Waals surface area contributed by atoms with Crippen molar-refractivity contribution in [3.05, 3.63) is 52.7 Å². The minimum atomic E-state index is -0.257. The number of Topliss-reactive ketones (excluding diaryl/α,β-unsaturated/α-hetero) is 1. The number of amides is 1. The number of carbonyl (C=O) groups excluding carboxylic acids is 2. The lowest BCUT2D eigenvalue weighted by Crippen LogP contribution is -2.48. The van der Waals surface area contributed by atoms with Crippen molar-refractivity contribution in [3.8, 4) is 0 Å². The van der Waals surface area contributed by atoms with E-state index in [9.17, 15) is 14.0 Å². The van der Waals surface area contributed by atoms with Gasteiger partial charge in [-0.3, -0.25) is 9.59 Å². The summed E-state index contributed by atoms with van der Waals surface area (Å²) in [7, 11) is 0. The molecule has 4 rings (SSSR count). The van der Waals surface area contributed by atoms with Gasteiger partial charge in [-0.15, -0.1) is 0 Å². The van der Waals surface area contributed by atoms with E-state index in [2.05, 4.69) is 4.90 Å². The van der Waals surface area contributed by atoms with Gasteiger partial charge in [-0.1, -0.05) is 13.8 Å². The average molecular weight is 384 g/mol. The Morgan fingerprint density at radius 3 is 2.36 bits per heavy atom. The highest BCUT2D eigenvalue weighted by Crippen LogP contribution is 2.38. The highest BCUT2D eigenvalue weighted by molar-refractivity contribution is 6.03. The van der Waals surface area contributed by atoms with Gasteiger partial charge in [0, 0.05) is 50.3 Å². The molecule has 148 valence electrons. The Bertz CT molecular complexity index is 922. The smallest absolute Gasteiger partial charge is 0.289 e. The zero-order valence-corrected chi connectivity index (χ0v) is 16.5. The van der Waals surface area contributed by atoms with Crippen molar-refractivity contribution in [2.24, 2.45) is 5.41 Å². The van der Waals surface area contributed by atoms with Crippen LogP contribution in [0.4, 0.5) is 10.1 Å². The maximum absolute atomic E-state index is 13.1. The van der Waals surface area contributed by atoms with Gasteiger partial charge in [0.25, 0.3) is 5.91 Å². The monoisotopic (exact) mass is 384 g/mol. The average Bonchev–Trinajstić information content (AvgIpc) is 2.97. The first-order valence-electron chi connectivity index (χ1n) is 9.70. The summed E-state index contributed by atoms with van der Waals surface area (Å²) >= 11 is 0. The Kier molecular flexibility index (Phi) is 4.52. The van der Waals surface area contributed by atoms with Crippen molar-refractivity contribution >= 4 is 17.4 Å². The number of furan rings is 1. The van der Waals surface area contributed by atoms with Crippen LogP contribution in [0.15, 0.2) is 28.7 Å². The van der Waals surface area contributed by atoms with Gasteiger partial charge in [-0.05, 0) is 36.6 Å². The molecule has 1 saturated heterocycles. The number of anilines is 1. The van der Waals surface area contributed by atoms with Crippen molar-refractivity contribution in [3.63, 3.8) is 0 Å². The van der Waals surface area contributed by atoms with Crippen LogP contribution in [0.1, 0.15) is 52.5 Å². The zero-order chi connectivity index (χ0) is 20.1. The Morgan fingerprint density at radius 2 is 1.71 bits per heavy atom. The quantitative estimate of drug-likeness (QED) is 0.789. The Balaban J connectivity index is 1.49. The summed E-state index contributed by atoms with van der Waals surface area (Å²) < 4.78 is 19.0. The molecular weight excluding hydrogens is 359 g/mol. The highest BCUT2D eigenvalue weighted by Gasteiger charge is 2.38. The normalized spacial score (nSPS) is 18.9. The Morgan fingerprint density at radius 1 is 1.07 bits per heavy atom. The second-order valence-electron chi connectivity index (χ2n) is 8.55. The first-order chi connectivity index (χ1) is 13.2. The van der Waals surface area contributed by atoms with Crippen LogP contribution in [0.25, 0.3) is 0 Å². The minimum Gasteiger partial charge on any atom is -0.455 e. The van der Waals surface area contributed by atoms with Crippen LogP contribution in [0.5, 0.6) is 0 Å². The van der Waals surface area contributed by atoms with Crippen LogP contribution in [0.2, 0.25) is 0 Å². The van der Waals surface area contributed by atoms with Crippen molar-refractivity contribution in [1.29, 1.82) is 0 Å². The van der Waals surface area contributed by atoms with Crippen LogP contribution in [0, 0.1) is 18.2 Å². The lowest BCUT2D eigenvalue weighted by atomic mass is 9.76. The topological polar surface area (TPSA) is 53.8 Å². The molecule has 0 bridgehead atoms. The fraction of sp³-hybridized carbons (Fsp3) is 0.455. The van der Waals surface area contributed by atoms with E-state index < -0.39 is 0 Å². The molecule has 0 N–H and O–H groups in total. The van der Waals surface area contributed by atoms with Crippen LogP contribution < -0.4 is 4.90 Å². The number of carbonyl (C=O) groups is 2. The van der Waals surface area contributed by atoms with E-state index in [-0.39, 0.29) is 22.9 Å². The fourth-order valence-electron chi connectivity index (χ4n) is 4.25. The Hall–Kier alpha value is -2.63. The summed E-state index contributed by atoms with van der Waals surface area (Å²) in [5.41, 5.74) is 2.08. The minimum absolute atomic E-state index is 0.0627. The van der Waals surface area contributed by atoms with Crippen LogP contribution >= 0.6 is 0 Å². The molecule has 2 aromatic rings. The summed E-state index contributed by atoms with van der Waals surface area (Å²) in [4.78, 5) is 29.5. The summed E-state index contributed by atoms with van der Waals surface area (Å²) in [6.45, 7) is 8.34. The SMILES string of the molecule is Cc1c(C(=O)N2CCN(c3ccc(F)cc3)CC2)oc2c1C(=O)CC(C)(C)C2. The first kappa shape index (κ1) is 18.7. The van der Waals surface area contributed by atoms with E-state index in [0.717, 1.165) is 5.69 Å². The Labute approximate surface area is 164 Å². The first-order valence-corrected chi connectivity index (χ1v) is 9.70. The van der Waals surface area contributed by atoms with Gasteiger partial charge in [-0.25, -0.2) is 4.39 Å². The molecular formula is C22H25FN2O3. The van der Waals surface area contributed by atoms with Gasteiger partial charge in [0.05, 0.1) is 5.56 Å². The molecule has 0 radical (unpaired) electrons. The number of hydrogen-bond donors (Lipinski definition) is 0. The molecule has 1 aromatic heterocycles. The van der Waals surface area contributed by atoms with E-state index in [1.807, 2.05) is 13.8 Å². The molecule has 1 aliphatic carbocycles. The molecule has 5 nitrogen and oxygen atoms in total. The van der Waals surface area contributed by atoms with Gasteiger partial charge in [-0.2, -0.15) is 0 Å². The van der Waals surface area contributed by atoms with E-state index in [1.54, 1.807) is 24.0 Å². The van der Waals surface area contributed by atoms with Gasteiger partial charge < -0.3 is 14.2 Å². The number of hydrogen-bond acceptors (Lipinski definition) is 4. The van der Waals surface area contributed by atoms with Crippen LogP contribution in [-0.4, -0.2) is 42.8 Å². The van der Waals surface area contributed by atoms with Gasteiger partial charge in [0.1, 0.15) is 11.6 Å². The molecule has 0 saturated carbocycles. The molecule has 0 atom stereocenters. The second kappa shape index (κ2) is 6.76. The molecule has 1 fully saturated rings. The molecule has 1 aliphatic heterocycles. The van der Waals surface area contributed by atoms with Crippen molar-refractivity contribution in [1.82, 2.24) is 4.90 Å². The summed E-state index contributed by atoms with van der Waals surface area (Å²) in [5.74, 6) is 0.592. The number of ketones is 1. The standard InChI is InChI=1S/C22H25FN2O3/c1-14-19-17(26)12-22(2,3)13-18(19)28-20(14)21(27)25-10-8-24(9-11-25)16-6-4-15(23)5-7-16/h4-7H,8-13H2,1-3H3. The summed E-state index contributed by atoms with van der Waals surface area (Å²) in [6, 6.07) is 6.40. The number of rotatable bonds is 2. The molecule has 1 aromatic carbocycles. The van der Waals surface area contributed by atoms with Crippen molar-refractivity contribution in [2.75, 3.05) is 31.1 Å². The molecule has 0 unspecified atom stereocenters. The van der Waals surface area contributed by atoms with Crippen molar-refractivity contribution < 1.29 is 18.4 Å². The summed E-state index contributed by atoms with van der Waals surface area (Å²) in [6.07, 6.45) is 1.14. The van der Waals surface area contributed by atoms with Gasteiger partial charge >= 0.3 is 0 Å². The molecule has 2 heterocycles. The van der Waals surface area contributed by atoms with Gasteiger partial charge in [0.2, 0.25) is 0 Å². The van der Waals surface area contributed by atoms with Gasteiger partial charge in [0.15, 0.2) is 11.5 Å². The second-order valence-corrected chi connectivity index (χ2v) is 8.55. The predicted molar refractivity (Wildman–Crippen MR) is 104 cm³/mol. The summed E-state index contributed by atoms with van der Waals surface area (Å²) in [5, 5.41) is 0. The van der Waals surface area contributed by atoms with Crippen LogP contribution in [-0.2, 0) is 6.42 Å². The molecule has 6 heteroatoms. The number of halogens is 1. The van der Waals surface area contributed by atoms with E-state index in [1.165, 1.54) is 12.1 Å². The lowest BCUT2D eigenvalue weighted by molar-refractivity contribution is 0.0708. The number of piperazine rings is 1. The fourth-order valence-corrected chi connectivity index (χ4v) is 4.25. The maximum Gasteiger partial charge on any atom is 0.289 e. The third kappa shape index (κ3) is 3.32. The van der Waals surface area contributed by atoms with E-state index in [4.69, 9.17) is 4.42 Å². The highest BCUT2D eigenvalue weighted by atomic mass is 19.1. The predicted octanol–water partition coefficient (Wildman–Crippen LogP) is 3.84. The molecule has 2 aliphatic rings. The third-order valence-electron chi connectivity index (χ3n) is 5.73. The number of fused-ring (bicyclic) bond motifs is 1. The van der Waals surface area contributed by atoms with Crippen molar-refractivity contribution in [2.45, 2.75) is 33.6 Å². The number of nitrogens with zero attached hydrogens (tertiary/aromatic N) is 2. The largest absolute Gasteiger partial charge is 0.455 e. The molecule has 1 amide bonds. The van der Waals surface area contributed by atoms with Crippen LogP contribution in [0.3, 0.4) is 0 Å². The third-order valence-corrected chi connectivity index (χ3v) is 5.73. The van der Waals surface area contributed by atoms with E-state index >= 15 is 0 Å². The maximum atomic E-state index is 13.1. The zero-order valence-electron chi connectivity index (χ0n) is 16.5.